The molecule has 1 rings (SSSR count). The predicted octanol–water partition coefficient (Wildman–Crippen LogP) is 3.11. The minimum absolute atomic E-state index is 0.0891. The van der Waals surface area contributed by atoms with Gasteiger partial charge in [0.2, 0.25) is 5.91 Å². The van der Waals surface area contributed by atoms with Crippen molar-refractivity contribution in [1.82, 2.24) is 10.6 Å². The molecule has 1 amide bonds. The molecule has 3 nitrogen and oxygen atoms in total. The number of carbonyl (C=O) groups is 1. The molecule has 18 heavy (non-hydrogen) atoms. The second-order valence-electron chi connectivity index (χ2n) is 4.01. The van der Waals surface area contributed by atoms with Gasteiger partial charge in [-0.25, -0.2) is 0 Å². The third-order valence-electron chi connectivity index (χ3n) is 2.43. The number of amides is 1. The van der Waals surface area contributed by atoms with Crippen LogP contribution in [0.1, 0.15) is 25.3 Å². The van der Waals surface area contributed by atoms with Gasteiger partial charge >= 0.3 is 0 Å². The van der Waals surface area contributed by atoms with Gasteiger partial charge in [0.15, 0.2) is 0 Å². The van der Waals surface area contributed by atoms with Gasteiger partial charge in [-0.1, -0.05) is 40.5 Å². The number of halogens is 2. The molecule has 0 spiro atoms. The van der Waals surface area contributed by atoms with E-state index in [9.17, 15) is 4.79 Å². The van der Waals surface area contributed by atoms with Crippen LogP contribution in [0.2, 0.25) is 5.02 Å². The largest absolute Gasteiger partial charge is 0.356 e. The number of carbonyl (C=O) groups excluding carboxylic acids is 1. The maximum absolute atomic E-state index is 11.3. The average Bonchev–Trinajstić information content (AvgIpc) is 2.34. The van der Waals surface area contributed by atoms with Crippen LogP contribution in [-0.2, 0) is 11.3 Å². The summed E-state index contributed by atoms with van der Waals surface area (Å²) in [5.41, 5.74) is 1.04. The zero-order valence-electron chi connectivity index (χ0n) is 10.4. The van der Waals surface area contributed by atoms with Crippen LogP contribution in [0.3, 0.4) is 0 Å². The Labute approximate surface area is 121 Å². The second kappa shape index (κ2) is 8.51. The molecule has 0 heterocycles. The van der Waals surface area contributed by atoms with Crippen LogP contribution in [0.25, 0.3) is 0 Å². The fraction of sp³-hybridized carbons (Fsp3) is 0.462. The number of hydrogen-bond acceptors (Lipinski definition) is 2. The average molecular weight is 334 g/mol. The van der Waals surface area contributed by atoms with Crippen molar-refractivity contribution in [3.05, 3.63) is 33.3 Å². The summed E-state index contributed by atoms with van der Waals surface area (Å²) in [6.45, 7) is 4.11. The highest BCUT2D eigenvalue weighted by Gasteiger charge is 2.02. The van der Waals surface area contributed by atoms with E-state index in [1.54, 1.807) is 0 Å². The highest BCUT2D eigenvalue weighted by Crippen LogP contribution is 2.20. The Morgan fingerprint density at radius 3 is 2.83 bits per heavy atom. The standard InChI is InChI=1S/C13H18BrClN2O/c1-2-6-17-13(18)5-7-16-9-10-3-4-11(14)8-12(10)15/h3-4,8,16H,2,5-7,9H2,1H3,(H,17,18). The van der Waals surface area contributed by atoms with Gasteiger partial charge in [-0.2, -0.15) is 0 Å². The van der Waals surface area contributed by atoms with Gasteiger partial charge in [-0.05, 0) is 24.1 Å². The zero-order valence-corrected chi connectivity index (χ0v) is 12.8. The highest BCUT2D eigenvalue weighted by molar-refractivity contribution is 9.10. The van der Waals surface area contributed by atoms with E-state index in [0.717, 1.165) is 28.0 Å². The van der Waals surface area contributed by atoms with Crippen LogP contribution >= 0.6 is 27.5 Å². The normalized spacial score (nSPS) is 10.4. The van der Waals surface area contributed by atoms with Crippen molar-refractivity contribution in [3.8, 4) is 0 Å². The summed E-state index contributed by atoms with van der Waals surface area (Å²) in [6.07, 6.45) is 1.46. The van der Waals surface area contributed by atoms with Crippen LogP contribution in [0.5, 0.6) is 0 Å². The molecule has 0 bridgehead atoms. The molecule has 0 aliphatic rings. The predicted molar refractivity (Wildman–Crippen MR) is 78.8 cm³/mol. The molecule has 1 aromatic rings. The summed E-state index contributed by atoms with van der Waals surface area (Å²) in [6, 6.07) is 5.79. The fourth-order valence-corrected chi connectivity index (χ4v) is 2.18. The van der Waals surface area contributed by atoms with Gasteiger partial charge in [0.1, 0.15) is 0 Å². The van der Waals surface area contributed by atoms with Gasteiger partial charge in [0.25, 0.3) is 0 Å². The fourth-order valence-electron chi connectivity index (χ4n) is 1.44. The van der Waals surface area contributed by atoms with E-state index in [1.165, 1.54) is 0 Å². The Kier molecular flexibility index (Phi) is 7.32. The van der Waals surface area contributed by atoms with Gasteiger partial charge in [0, 0.05) is 35.6 Å². The number of hydrogen-bond donors (Lipinski definition) is 2. The molecule has 0 unspecified atom stereocenters. The molecular formula is C13H18BrClN2O. The van der Waals surface area contributed by atoms with Crippen molar-refractivity contribution in [2.45, 2.75) is 26.3 Å². The molecule has 0 saturated heterocycles. The van der Waals surface area contributed by atoms with Gasteiger partial charge in [-0.15, -0.1) is 0 Å². The lowest BCUT2D eigenvalue weighted by molar-refractivity contribution is -0.120. The van der Waals surface area contributed by atoms with E-state index in [0.29, 0.717) is 19.5 Å². The summed E-state index contributed by atoms with van der Waals surface area (Å²) in [4.78, 5) is 11.3. The van der Waals surface area contributed by atoms with Crippen molar-refractivity contribution in [2.75, 3.05) is 13.1 Å². The van der Waals surface area contributed by atoms with Crippen LogP contribution < -0.4 is 10.6 Å². The molecule has 100 valence electrons. The minimum Gasteiger partial charge on any atom is -0.356 e. The first-order chi connectivity index (χ1) is 8.63. The van der Waals surface area contributed by atoms with E-state index >= 15 is 0 Å². The molecule has 1 aromatic carbocycles. The number of rotatable bonds is 7. The van der Waals surface area contributed by atoms with Crippen LogP contribution in [0.4, 0.5) is 0 Å². The van der Waals surface area contributed by atoms with Crippen molar-refractivity contribution in [3.63, 3.8) is 0 Å². The summed E-state index contributed by atoms with van der Waals surface area (Å²) in [5.74, 6) is 0.0891. The minimum atomic E-state index is 0.0891. The molecular weight excluding hydrogens is 316 g/mol. The molecule has 0 aliphatic heterocycles. The van der Waals surface area contributed by atoms with Crippen LogP contribution in [0, 0.1) is 0 Å². The Balaban J connectivity index is 2.23. The Hall–Kier alpha value is -0.580. The summed E-state index contributed by atoms with van der Waals surface area (Å²) in [5, 5.41) is 6.78. The first-order valence-electron chi connectivity index (χ1n) is 6.04. The quantitative estimate of drug-likeness (QED) is 0.753. The third kappa shape index (κ3) is 5.85. The topological polar surface area (TPSA) is 41.1 Å². The van der Waals surface area contributed by atoms with Gasteiger partial charge < -0.3 is 10.6 Å². The molecule has 0 atom stereocenters. The Bertz CT molecular complexity index is 399. The van der Waals surface area contributed by atoms with E-state index in [2.05, 4.69) is 26.6 Å². The first-order valence-corrected chi connectivity index (χ1v) is 7.22. The lowest BCUT2D eigenvalue weighted by atomic mass is 10.2. The van der Waals surface area contributed by atoms with E-state index in [-0.39, 0.29) is 5.91 Å². The molecule has 2 N–H and O–H groups in total. The Morgan fingerprint density at radius 2 is 2.17 bits per heavy atom. The third-order valence-corrected chi connectivity index (χ3v) is 3.28. The molecule has 5 heteroatoms. The van der Waals surface area contributed by atoms with Crippen LogP contribution in [-0.4, -0.2) is 19.0 Å². The van der Waals surface area contributed by atoms with E-state index < -0.39 is 0 Å². The molecule has 0 aromatic heterocycles. The highest BCUT2D eigenvalue weighted by atomic mass is 79.9. The van der Waals surface area contributed by atoms with E-state index in [4.69, 9.17) is 11.6 Å². The van der Waals surface area contributed by atoms with Crippen molar-refractivity contribution in [1.29, 1.82) is 0 Å². The summed E-state index contributed by atoms with van der Waals surface area (Å²) in [7, 11) is 0. The monoisotopic (exact) mass is 332 g/mol. The SMILES string of the molecule is CCCNC(=O)CCNCc1ccc(Br)cc1Cl. The molecule has 0 radical (unpaired) electrons. The van der Waals surface area contributed by atoms with Gasteiger partial charge in [-0.3, -0.25) is 4.79 Å². The van der Waals surface area contributed by atoms with Crippen LogP contribution in [0.15, 0.2) is 22.7 Å². The smallest absolute Gasteiger partial charge is 0.221 e. The number of nitrogens with one attached hydrogen (secondary N) is 2. The number of benzene rings is 1. The molecule has 0 saturated carbocycles. The lowest BCUT2D eigenvalue weighted by Crippen LogP contribution is -2.28. The molecule has 0 fully saturated rings. The maximum atomic E-state index is 11.3. The first kappa shape index (κ1) is 15.5. The van der Waals surface area contributed by atoms with Gasteiger partial charge in [0.05, 0.1) is 0 Å². The molecule has 0 aliphatic carbocycles. The zero-order chi connectivity index (χ0) is 13.4. The van der Waals surface area contributed by atoms with Crippen molar-refractivity contribution >= 4 is 33.4 Å². The van der Waals surface area contributed by atoms with Crippen molar-refractivity contribution < 1.29 is 4.79 Å². The van der Waals surface area contributed by atoms with E-state index in [1.807, 2.05) is 25.1 Å². The second-order valence-corrected chi connectivity index (χ2v) is 5.34. The summed E-state index contributed by atoms with van der Waals surface area (Å²) < 4.78 is 0.968. The maximum Gasteiger partial charge on any atom is 0.221 e. The lowest BCUT2D eigenvalue weighted by Gasteiger charge is -2.07. The van der Waals surface area contributed by atoms with Crippen molar-refractivity contribution in [2.24, 2.45) is 0 Å². The summed E-state index contributed by atoms with van der Waals surface area (Å²) >= 11 is 9.45. The Morgan fingerprint density at radius 1 is 1.39 bits per heavy atom.